The molecule has 0 bridgehead atoms. The molecule has 4 rings (SSSR count). The summed E-state index contributed by atoms with van der Waals surface area (Å²) in [6.45, 7) is 3.57. The second-order valence-corrected chi connectivity index (χ2v) is 10.8. The van der Waals surface area contributed by atoms with Gasteiger partial charge in [0.15, 0.2) is 0 Å². The molecule has 0 radical (unpaired) electrons. The number of hydrogen-bond acceptors (Lipinski definition) is 11. The van der Waals surface area contributed by atoms with Gasteiger partial charge in [-0.25, -0.2) is 0 Å². The molecule has 0 aromatic heterocycles. The number of hydrogen-bond donors (Lipinski definition) is 2. The van der Waals surface area contributed by atoms with Crippen LogP contribution in [0.3, 0.4) is 0 Å². The summed E-state index contributed by atoms with van der Waals surface area (Å²) in [5, 5.41) is 27.6. The third-order valence-electron chi connectivity index (χ3n) is 7.37. The SMILES string of the molecule is O=C(CCC(=O)N1Cc2ccccc2C#Cc2ccccc21)NCCOCCOCCOCCOCCNc1ccc([N+](=O)[O-])cc1[N+](=O)[O-]. The molecule has 1 aliphatic rings. The first kappa shape index (κ1) is 37.4. The summed E-state index contributed by atoms with van der Waals surface area (Å²) >= 11 is 0. The molecule has 3 aromatic rings. The third-order valence-corrected chi connectivity index (χ3v) is 7.37. The van der Waals surface area contributed by atoms with Gasteiger partial charge in [0.1, 0.15) is 5.69 Å². The summed E-state index contributed by atoms with van der Waals surface area (Å²) < 4.78 is 21.8. The zero-order valence-electron chi connectivity index (χ0n) is 27.5. The first-order chi connectivity index (χ1) is 24.3. The van der Waals surface area contributed by atoms with Crippen molar-refractivity contribution in [1.29, 1.82) is 0 Å². The molecule has 15 nitrogen and oxygen atoms in total. The summed E-state index contributed by atoms with van der Waals surface area (Å²) in [4.78, 5) is 48.0. The molecular formula is C35H39N5O10. The second-order valence-electron chi connectivity index (χ2n) is 10.8. The number of non-ortho nitro benzene ring substituents is 1. The van der Waals surface area contributed by atoms with E-state index in [9.17, 15) is 29.8 Å². The molecule has 1 heterocycles. The lowest BCUT2D eigenvalue weighted by atomic mass is 10.0. The van der Waals surface area contributed by atoms with E-state index in [2.05, 4.69) is 22.5 Å². The molecule has 0 saturated carbocycles. The quantitative estimate of drug-likeness (QED) is 0.0717. The van der Waals surface area contributed by atoms with Gasteiger partial charge in [-0.1, -0.05) is 42.2 Å². The molecule has 3 aromatic carbocycles. The van der Waals surface area contributed by atoms with Crippen molar-refractivity contribution in [3.63, 3.8) is 0 Å². The number of nitro benzene ring substituents is 2. The molecule has 264 valence electrons. The second kappa shape index (κ2) is 20.2. The van der Waals surface area contributed by atoms with Gasteiger partial charge in [-0.15, -0.1) is 0 Å². The van der Waals surface area contributed by atoms with E-state index >= 15 is 0 Å². The van der Waals surface area contributed by atoms with Crippen LogP contribution in [0, 0.1) is 32.1 Å². The average molecular weight is 690 g/mol. The molecule has 15 heteroatoms. The molecule has 2 N–H and O–H groups in total. The van der Waals surface area contributed by atoms with E-state index in [0.717, 1.165) is 28.4 Å². The molecule has 50 heavy (non-hydrogen) atoms. The van der Waals surface area contributed by atoms with Gasteiger partial charge < -0.3 is 34.5 Å². The number of fused-ring (bicyclic) bond motifs is 2. The number of rotatable bonds is 21. The number of ether oxygens (including phenoxy) is 4. The normalized spacial score (nSPS) is 11.6. The Balaban J connectivity index is 0.980. The van der Waals surface area contributed by atoms with E-state index < -0.39 is 9.85 Å². The van der Waals surface area contributed by atoms with Crippen molar-refractivity contribution in [2.75, 3.05) is 76.2 Å². The molecule has 0 aliphatic carbocycles. The number of nitrogens with one attached hydrogen (secondary N) is 2. The van der Waals surface area contributed by atoms with Crippen molar-refractivity contribution in [3.8, 4) is 11.8 Å². The summed E-state index contributed by atoms with van der Waals surface area (Å²) in [5.41, 5.74) is 2.77. The Morgan fingerprint density at radius 3 is 2.00 bits per heavy atom. The van der Waals surface area contributed by atoms with Crippen molar-refractivity contribution in [2.24, 2.45) is 0 Å². The molecule has 0 atom stereocenters. The number of benzene rings is 3. The lowest BCUT2D eigenvalue weighted by Crippen LogP contribution is -2.34. The molecule has 0 unspecified atom stereocenters. The number of para-hydroxylation sites is 1. The average Bonchev–Trinajstić information content (AvgIpc) is 3.11. The van der Waals surface area contributed by atoms with E-state index in [1.54, 1.807) is 4.90 Å². The Hall–Kier alpha value is -5.40. The first-order valence-electron chi connectivity index (χ1n) is 16.1. The van der Waals surface area contributed by atoms with Crippen LogP contribution in [0.15, 0.2) is 66.7 Å². The van der Waals surface area contributed by atoms with Crippen LogP contribution in [0.4, 0.5) is 22.7 Å². The van der Waals surface area contributed by atoms with E-state index in [1.807, 2.05) is 48.5 Å². The Morgan fingerprint density at radius 2 is 1.32 bits per heavy atom. The van der Waals surface area contributed by atoms with E-state index in [4.69, 9.17) is 18.9 Å². The maximum Gasteiger partial charge on any atom is 0.299 e. The summed E-state index contributed by atoms with van der Waals surface area (Å²) in [5.74, 6) is 5.98. The Kier molecular flexibility index (Phi) is 15.1. The monoisotopic (exact) mass is 689 g/mol. The third kappa shape index (κ3) is 11.9. The van der Waals surface area contributed by atoms with Gasteiger partial charge in [-0.2, -0.15) is 0 Å². The fourth-order valence-corrected chi connectivity index (χ4v) is 4.87. The van der Waals surface area contributed by atoms with E-state index in [-0.39, 0.29) is 54.9 Å². The Labute approximate surface area is 289 Å². The van der Waals surface area contributed by atoms with Gasteiger partial charge in [0.2, 0.25) is 11.8 Å². The maximum atomic E-state index is 13.3. The fraction of sp³-hybridized carbons (Fsp3) is 0.371. The van der Waals surface area contributed by atoms with Crippen LogP contribution in [0.1, 0.15) is 29.5 Å². The van der Waals surface area contributed by atoms with Gasteiger partial charge in [0.05, 0.1) is 81.0 Å². The van der Waals surface area contributed by atoms with Crippen LogP contribution in [0.2, 0.25) is 0 Å². The van der Waals surface area contributed by atoms with Gasteiger partial charge >= 0.3 is 0 Å². The van der Waals surface area contributed by atoms with Crippen LogP contribution in [0.25, 0.3) is 0 Å². The minimum atomic E-state index is -0.689. The minimum absolute atomic E-state index is 0.0584. The first-order valence-corrected chi connectivity index (χ1v) is 16.1. The highest BCUT2D eigenvalue weighted by molar-refractivity contribution is 5.96. The number of nitro groups is 2. The topological polar surface area (TPSA) is 185 Å². The highest BCUT2D eigenvalue weighted by Crippen LogP contribution is 2.29. The number of carbonyl (C=O) groups excluding carboxylic acids is 2. The molecule has 0 spiro atoms. The molecular weight excluding hydrogens is 650 g/mol. The van der Waals surface area contributed by atoms with Gasteiger partial charge in [-0.05, 0) is 29.8 Å². The predicted molar refractivity (Wildman–Crippen MR) is 184 cm³/mol. The molecule has 2 amide bonds. The number of amides is 2. The standard InChI is InChI=1S/C35H39N5O10/c41-34(13-14-35(42)38-26-29-7-2-1-5-27(29)9-10-28-6-3-4-8-32(28)38)37-16-18-48-20-22-50-24-23-49-21-19-47-17-15-36-31-12-11-30(39(43)44)25-33(31)40(45)46/h1-8,11-12,25,36H,13-24,26H2,(H,37,41). The molecule has 0 saturated heterocycles. The maximum absolute atomic E-state index is 13.3. The minimum Gasteiger partial charge on any atom is -0.377 e. The summed E-state index contributed by atoms with van der Waals surface area (Å²) in [6.07, 6.45) is 0.121. The largest absolute Gasteiger partial charge is 0.377 e. The summed E-state index contributed by atoms with van der Waals surface area (Å²) in [7, 11) is 0. The highest BCUT2D eigenvalue weighted by Gasteiger charge is 2.22. The van der Waals surface area contributed by atoms with Crippen molar-refractivity contribution in [2.45, 2.75) is 19.4 Å². The summed E-state index contributed by atoms with van der Waals surface area (Å²) in [6, 6.07) is 18.7. The number of anilines is 2. The van der Waals surface area contributed by atoms with Crippen LogP contribution in [0.5, 0.6) is 0 Å². The van der Waals surface area contributed by atoms with Crippen molar-refractivity contribution >= 4 is 34.6 Å². The van der Waals surface area contributed by atoms with Crippen molar-refractivity contribution < 1.29 is 38.4 Å². The Morgan fingerprint density at radius 1 is 0.720 bits per heavy atom. The van der Waals surface area contributed by atoms with Crippen LogP contribution >= 0.6 is 0 Å². The smallest absolute Gasteiger partial charge is 0.299 e. The Bertz CT molecular complexity index is 1690. The van der Waals surface area contributed by atoms with E-state index in [1.165, 1.54) is 12.1 Å². The van der Waals surface area contributed by atoms with E-state index in [0.29, 0.717) is 59.3 Å². The van der Waals surface area contributed by atoms with Gasteiger partial charge in [0.25, 0.3) is 11.4 Å². The lowest BCUT2D eigenvalue weighted by Gasteiger charge is -2.26. The van der Waals surface area contributed by atoms with Crippen molar-refractivity contribution in [3.05, 3.63) is 104 Å². The van der Waals surface area contributed by atoms with Crippen molar-refractivity contribution in [1.82, 2.24) is 5.32 Å². The molecule has 0 fully saturated rings. The van der Waals surface area contributed by atoms with Crippen LogP contribution in [-0.2, 0) is 35.1 Å². The van der Waals surface area contributed by atoms with Gasteiger partial charge in [-0.3, -0.25) is 29.8 Å². The van der Waals surface area contributed by atoms with Crippen LogP contribution < -0.4 is 15.5 Å². The molecule has 1 aliphatic heterocycles. The predicted octanol–water partition coefficient (Wildman–Crippen LogP) is 3.82. The highest BCUT2D eigenvalue weighted by atomic mass is 16.6. The number of nitrogens with zero attached hydrogens (tertiary/aromatic N) is 3. The number of carbonyl (C=O) groups is 2. The fourth-order valence-electron chi connectivity index (χ4n) is 4.87. The van der Waals surface area contributed by atoms with Gasteiger partial charge in [0, 0.05) is 43.1 Å². The zero-order valence-corrected chi connectivity index (χ0v) is 27.5. The van der Waals surface area contributed by atoms with Crippen LogP contribution in [-0.4, -0.2) is 87.6 Å². The zero-order chi connectivity index (χ0) is 35.6. The lowest BCUT2D eigenvalue weighted by molar-refractivity contribution is -0.393.